The number of aliphatic hydroxyl groups is 2. The Morgan fingerprint density at radius 2 is 1.82 bits per heavy atom. The maximum Gasteiger partial charge on any atom is 0.0718 e. The highest BCUT2D eigenvalue weighted by Gasteiger charge is 2.17. The highest BCUT2D eigenvalue weighted by Crippen LogP contribution is 2.10. The Kier molecular flexibility index (Phi) is 5.62. The molecule has 3 heteroatoms. The lowest BCUT2D eigenvalue weighted by Gasteiger charge is -2.29. The van der Waals surface area contributed by atoms with Gasteiger partial charge in [0.15, 0.2) is 0 Å². The molecule has 17 heavy (non-hydrogen) atoms. The van der Waals surface area contributed by atoms with E-state index in [1.54, 1.807) is 0 Å². The number of aliphatic hydroxyl groups excluding tert-OH is 1. The fourth-order valence-electron chi connectivity index (χ4n) is 1.90. The predicted octanol–water partition coefficient (Wildman–Crippen LogP) is 1.64. The minimum Gasteiger partial charge on any atom is -0.396 e. The van der Waals surface area contributed by atoms with E-state index < -0.39 is 5.60 Å². The smallest absolute Gasteiger partial charge is 0.0718 e. The van der Waals surface area contributed by atoms with E-state index in [2.05, 4.69) is 17.0 Å². The van der Waals surface area contributed by atoms with Gasteiger partial charge in [-0.2, -0.15) is 0 Å². The monoisotopic (exact) mass is 237 g/mol. The highest BCUT2D eigenvalue weighted by atomic mass is 16.3. The van der Waals surface area contributed by atoms with Gasteiger partial charge in [0.25, 0.3) is 0 Å². The molecule has 3 nitrogen and oxygen atoms in total. The number of nitrogens with zero attached hydrogens (tertiary/aromatic N) is 1. The van der Waals surface area contributed by atoms with Crippen LogP contribution in [0.5, 0.6) is 0 Å². The first-order valence-corrected chi connectivity index (χ1v) is 6.11. The first kappa shape index (κ1) is 14.2. The van der Waals surface area contributed by atoms with Crippen molar-refractivity contribution >= 4 is 0 Å². The molecule has 0 aromatic heterocycles. The minimum atomic E-state index is -0.704. The van der Waals surface area contributed by atoms with Crippen molar-refractivity contribution in [2.75, 3.05) is 19.7 Å². The van der Waals surface area contributed by atoms with Crippen molar-refractivity contribution < 1.29 is 10.2 Å². The maximum absolute atomic E-state index is 9.86. The van der Waals surface area contributed by atoms with Crippen LogP contribution >= 0.6 is 0 Å². The molecule has 0 aliphatic heterocycles. The van der Waals surface area contributed by atoms with Gasteiger partial charge in [-0.15, -0.1) is 0 Å². The van der Waals surface area contributed by atoms with E-state index in [1.807, 2.05) is 32.0 Å². The fraction of sp³-hybridized carbons (Fsp3) is 0.571. The molecule has 0 saturated carbocycles. The number of benzene rings is 1. The van der Waals surface area contributed by atoms with Crippen molar-refractivity contribution in [2.24, 2.45) is 0 Å². The topological polar surface area (TPSA) is 43.7 Å². The van der Waals surface area contributed by atoms with Crippen molar-refractivity contribution in [2.45, 2.75) is 32.4 Å². The summed E-state index contributed by atoms with van der Waals surface area (Å²) in [5, 5.41) is 18.8. The predicted molar refractivity (Wildman–Crippen MR) is 69.7 cm³/mol. The average Bonchev–Trinajstić information content (AvgIpc) is 2.25. The Bertz CT molecular complexity index is 306. The molecule has 1 aromatic rings. The Balaban J connectivity index is 2.57. The summed E-state index contributed by atoms with van der Waals surface area (Å²) in [5.74, 6) is 0. The molecule has 0 aliphatic carbocycles. The zero-order chi connectivity index (χ0) is 12.7. The molecule has 0 fully saturated rings. The summed E-state index contributed by atoms with van der Waals surface area (Å²) >= 11 is 0. The molecular weight excluding hydrogens is 214 g/mol. The molecule has 1 aromatic carbocycles. The lowest BCUT2D eigenvalue weighted by Crippen LogP contribution is -2.39. The van der Waals surface area contributed by atoms with Crippen molar-refractivity contribution in [3.8, 4) is 0 Å². The Hall–Kier alpha value is -0.900. The van der Waals surface area contributed by atoms with Crippen LogP contribution in [0.2, 0.25) is 0 Å². The van der Waals surface area contributed by atoms with Gasteiger partial charge in [0.05, 0.1) is 5.60 Å². The Morgan fingerprint density at radius 1 is 1.18 bits per heavy atom. The van der Waals surface area contributed by atoms with E-state index >= 15 is 0 Å². The molecule has 0 bridgehead atoms. The van der Waals surface area contributed by atoms with E-state index in [4.69, 9.17) is 5.11 Å². The molecule has 96 valence electrons. The average molecular weight is 237 g/mol. The molecule has 0 saturated heterocycles. The molecule has 0 spiro atoms. The molecule has 0 amide bonds. The van der Waals surface area contributed by atoms with Gasteiger partial charge >= 0.3 is 0 Å². The lowest BCUT2D eigenvalue weighted by atomic mass is 10.1. The zero-order valence-electron chi connectivity index (χ0n) is 10.8. The second kappa shape index (κ2) is 6.74. The van der Waals surface area contributed by atoms with Crippen molar-refractivity contribution in [1.82, 2.24) is 4.90 Å². The van der Waals surface area contributed by atoms with Crippen molar-refractivity contribution in [1.29, 1.82) is 0 Å². The molecule has 0 aliphatic rings. The summed E-state index contributed by atoms with van der Waals surface area (Å²) < 4.78 is 0. The van der Waals surface area contributed by atoms with E-state index in [0.717, 1.165) is 19.5 Å². The minimum absolute atomic E-state index is 0.192. The van der Waals surface area contributed by atoms with Crippen LogP contribution in [0.3, 0.4) is 0 Å². The van der Waals surface area contributed by atoms with Crippen LogP contribution in [0, 0.1) is 0 Å². The molecular formula is C14H23NO2. The van der Waals surface area contributed by atoms with Crippen LogP contribution in [0.4, 0.5) is 0 Å². The maximum atomic E-state index is 9.86. The zero-order valence-corrected chi connectivity index (χ0v) is 10.8. The van der Waals surface area contributed by atoms with Gasteiger partial charge in [0, 0.05) is 26.2 Å². The molecule has 0 atom stereocenters. The largest absolute Gasteiger partial charge is 0.396 e. The summed E-state index contributed by atoms with van der Waals surface area (Å²) in [6.45, 7) is 6.03. The van der Waals surface area contributed by atoms with Crippen LogP contribution in [0.1, 0.15) is 25.8 Å². The van der Waals surface area contributed by atoms with Gasteiger partial charge in [-0.25, -0.2) is 0 Å². The van der Waals surface area contributed by atoms with E-state index in [9.17, 15) is 5.11 Å². The third-order valence-electron chi connectivity index (χ3n) is 2.49. The van der Waals surface area contributed by atoms with Crippen LogP contribution in [-0.4, -0.2) is 40.4 Å². The van der Waals surface area contributed by atoms with Gasteiger partial charge in [-0.1, -0.05) is 30.3 Å². The summed E-state index contributed by atoms with van der Waals surface area (Å²) in [5.41, 5.74) is 0.527. The fourth-order valence-corrected chi connectivity index (χ4v) is 1.90. The number of rotatable bonds is 7. The van der Waals surface area contributed by atoms with Gasteiger partial charge in [-0.05, 0) is 25.8 Å². The number of hydrogen-bond donors (Lipinski definition) is 2. The summed E-state index contributed by atoms with van der Waals surface area (Å²) in [4.78, 5) is 2.17. The lowest BCUT2D eigenvalue weighted by molar-refractivity contribution is 0.0315. The van der Waals surface area contributed by atoms with Crippen LogP contribution in [0.15, 0.2) is 30.3 Å². The van der Waals surface area contributed by atoms with Crippen LogP contribution in [0.25, 0.3) is 0 Å². The standard InChI is InChI=1S/C14H23NO2/c1-14(2,17)12-15(9-6-10-16)11-13-7-4-3-5-8-13/h3-5,7-8,16-17H,6,9-12H2,1-2H3. The quantitative estimate of drug-likeness (QED) is 0.757. The van der Waals surface area contributed by atoms with Gasteiger partial charge in [0.2, 0.25) is 0 Å². The third-order valence-corrected chi connectivity index (χ3v) is 2.49. The third kappa shape index (κ3) is 6.41. The van der Waals surface area contributed by atoms with Gasteiger partial charge in [-0.3, -0.25) is 4.90 Å². The van der Waals surface area contributed by atoms with Crippen LogP contribution < -0.4 is 0 Å². The molecule has 0 unspecified atom stereocenters. The van der Waals surface area contributed by atoms with E-state index in [0.29, 0.717) is 6.54 Å². The summed E-state index contributed by atoms with van der Waals surface area (Å²) in [6, 6.07) is 10.2. The second-order valence-electron chi connectivity index (χ2n) is 5.09. The molecule has 0 heterocycles. The first-order chi connectivity index (χ1) is 8.01. The Morgan fingerprint density at radius 3 is 2.35 bits per heavy atom. The number of hydrogen-bond acceptors (Lipinski definition) is 3. The van der Waals surface area contributed by atoms with Gasteiger partial charge < -0.3 is 10.2 Å². The van der Waals surface area contributed by atoms with Crippen molar-refractivity contribution in [3.63, 3.8) is 0 Å². The normalized spacial score (nSPS) is 12.1. The summed E-state index contributed by atoms with van der Waals surface area (Å²) in [6.07, 6.45) is 0.739. The van der Waals surface area contributed by atoms with E-state index in [-0.39, 0.29) is 6.61 Å². The van der Waals surface area contributed by atoms with Gasteiger partial charge in [0.1, 0.15) is 0 Å². The SMILES string of the molecule is CC(C)(O)CN(CCCO)Cc1ccccc1. The van der Waals surface area contributed by atoms with E-state index in [1.165, 1.54) is 5.56 Å². The molecule has 1 rings (SSSR count). The van der Waals surface area contributed by atoms with Crippen LogP contribution in [-0.2, 0) is 6.54 Å². The summed E-state index contributed by atoms with van der Waals surface area (Å²) in [7, 11) is 0. The van der Waals surface area contributed by atoms with Crippen molar-refractivity contribution in [3.05, 3.63) is 35.9 Å². The highest BCUT2D eigenvalue weighted by molar-refractivity contribution is 5.14. The second-order valence-corrected chi connectivity index (χ2v) is 5.09. The molecule has 0 radical (unpaired) electrons. The molecule has 2 N–H and O–H groups in total. The Labute approximate surface area is 104 Å². The first-order valence-electron chi connectivity index (χ1n) is 6.11.